The van der Waals surface area contributed by atoms with Crippen molar-refractivity contribution in [2.45, 2.75) is 5.33 Å². The fraction of sp³-hybridized carbons (Fsp3) is 0.111. The van der Waals surface area contributed by atoms with Crippen molar-refractivity contribution in [3.8, 4) is 0 Å². The fourth-order valence-electron chi connectivity index (χ4n) is 1.17. The zero-order chi connectivity index (χ0) is 9.42. The topological polar surface area (TPSA) is 0 Å². The first kappa shape index (κ1) is 9.44. The maximum absolute atomic E-state index is 13.2. The van der Waals surface area contributed by atoms with Crippen molar-refractivity contribution in [2.24, 2.45) is 0 Å². The van der Waals surface area contributed by atoms with Gasteiger partial charge in [0.25, 0.3) is 0 Å². The molecule has 0 aliphatic heterocycles. The van der Waals surface area contributed by atoms with Crippen LogP contribution in [0.4, 0.5) is 4.39 Å². The van der Waals surface area contributed by atoms with E-state index in [1.807, 2.05) is 6.07 Å². The minimum Gasteiger partial charge on any atom is -0.206 e. The highest BCUT2D eigenvalue weighted by atomic mass is 79.9. The summed E-state index contributed by atoms with van der Waals surface area (Å²) < 4.78 is 14.1. The molecule has 2 aromatic rings. The highest BCUT2D eigenvalue weighted by Gasteiger charge is 2.08. The van der Waals surface area contributed by atoms with Crippen molar-refractivity contribution in [2.75, 3.05) is 0 Å². The summed E-state index contributed by atoms with van der Waals surface area (Å²) in [6, 6.07) is 4.82. The Bertz CT molecular complexity index is 413. The highest BCUT2D eigenvalue weighted by Crippen LogP contribution is 2.34. The molecule has 0 bridgehead atoms. The van der Waals surface area contributed by atoms with Gasteiger partial charge in [0, 0.05) is 15.6 Å². The third kappa shape index (κ3) is 1.60. The molecule has 0 saturated carbocycles. The van der Waals surface area contributed by atoms with E-state index >= 15 is 0 Å². The molecule has 0 aliphatic carbocycles. The van der Waals surface area contributed by atoms with Crippen molar-refractivity contribution in [3.63, 3.8) is 0 Å². The van der Waals surface area contributed by atoms with Gasteiger partial charge >= 0.3 is 0 Å². The van der Waals surface area contributed by atoms with Gasteiger partial charge in [-0.05, 0) is 18.2 Å². The summed E-state index contributed by atoms with van der Waals surface area (Å²) in [5.74, 6) is -0.206. The number of fused-ring (bicyclic) bond motifs is 1. The molecule has 0 atom stereocenters. The number of alkyl halides is 1. The molecule has 68 valence electrons. The molecule has 0 unspecified atom stereocenters. The van der Waals surface area contributed by atoms with Gasteiger partial charge in [-0.25, -0.2) is 4.39 Å². The summed E-state index contributed by atoms with van der Waals surface area (Å²) in [5, 5.41) is 1.97. The molecule has 0 radical (unpaired) electrons. The highest BCUT2D eigenvalue weighted by molar-refractivity contribution is 9.08. The Morgan fingerprint density at radius 2 is 2.23 bits per heavy atom. The van der Waals surface area contributed by atoms with E-state index in [0.29, 0.717) is 10.4 Å². The molecule has 0 fully saturated rings. The van der Waals surface area contributed by atoms with Crippen LogP contribution in [0, 0.1) is 5.82 Å². The molecule has 1 heterocycles. The van der Waals surface area contributed by atoms with E-state index < -0.39 is 0 Å². The Kier molecular flexibility index (Phi) is 2.58. The van der Waals surface area contributed by atoms with Gasteiger partial charge in [-0.1, -0.05) is 27.5 Å². The van der Waals surface area contributed by atoms with Crippen LogP contribution in [0.15, 0.2) is 18.2 Å². The minimum absolute atomic E-state index is 0.206. The number of benzene rings is 1. The largest absolute Gasteiger partial charge is 0.206 e. The van der Waals surface area contributed by atoms with Crippen LogP contribution in [-0.4, -0.2) is 0 Å². The third-order valence-electron chi connectivity index (χ3n) is 1.77. The zero-order valence-electron chi connectivity index (χ0n) is 6.48. The number of thiophene rings is 1. The van der Waals surface area contributed by atoms with Crippen LogP contribution in [0.1, 0.15) is 4.88 Å². The molecular formula is C9H5BrClFS. The van der Waals surface area contributed by atoms with E-state index in [4.69, 9.17) is 11.6 Å². The van der Waals surface area contributed by atoms with Crippen LogP contribution in [0.25, 0.3) is 10.1 Å². The van der Waals surface area contributed by atoms with E-state index in [1.54, 1.807) is 6.07 Å². The van der Waals surface area contributed by atoms with E-state index in [0.717, 1.165) is 14.9 Å². The van der Waals surface area contributed by atoms with Gasteiger partial charge in [0.05, 0.1) is 9.72 Å². The molecular weight excluding hydrogens is 275 g/mol. The Labute approximate surface area is 92.5 Å². The summed E-state index contributed by atoms with van der Waals surface area (Å²) >= 11 is 10.8. The van der Waals surface area contributed by atoms with Crippen LogP contribution in [0.2, 0.25) is 5.02 Å². The first-order valence-corrected chi connectivity index (χ1v) is 5.96. The summed E-state index contributed by atoms with van der Waals surface area (Å²) in [5.41, 5.74) is 0. The lowest BCUT2D eigenvalue weighted by atomic mass is 10.2. The average Bonchev–Trinajstić information content (AvgIpc) is 2.56. The van der Waals surface area contributed by atoms with Gasteiger partial charge in [-0.15, -0.1) is 11.3 Å². The molecule has 0 saturated heterocycles. The number of hydrogen-bond donors (Lipinski definition) is 0. The maximum atomic E-state index is 13.2. The second-order valence-electron chi connectivity index (χ2n) is 2.62. The quantitative estimate of drug-likeness (QED) is 0.670. The summed E-state index contributed by atoms with van der Waals surface area (Å²) in [7, 11) is 0. The van der Waals surface area contributed by atoms with Gasteiger partial charge in [0.1, 0.15) is 5.82 Å². The molecule has 1 aromatic carbocycles. The van der Waals surface area contributed by atoms with Gasteiger partial charge in [-0.3, -0.25) is 0 Å². The molecule has 0 amide bonds. The smallest absolute Gasteiger partial charge is 0.131 e. The average molecular weight is 280 g/mol. The number of rotatable bonds is 1. The van der Waals surface area contributed by atoms with Crippen molar-refractivity contribution in [3.05, 3.63) is 33.9 Å². The second kappa shape index (κ2) is 3.56. The monoisotopic (exact) mass is 278 g/mol. The lowest BCUT2D eigenvalue weighted by Gasteiger charge is -1.93. The van der Waals surface area contributed by atoms with Crippen LogP contribution in [-0.2, 0) is 5.33 Å². The van der Waals surface area contributed by atoms with Gasteiger partial charge in [0.2, 0.25) is 0 Å². The molecule has 0 spiro atoms. The van der Waals surface area contributed by atoms with Crippen molar-refractivity contribution in [1.82, 2.24) is 0 Å². The standard InChI is InChI=1S/C9H5BrClFS/c10-4-5-3-6-8(12)2-1-7(11)9(6)13-5/h1-3H,4H2. The SMILES string of the molecule is Fc1ccc(Cl)c2sc(CBr)cc12. The summed E-state index contributed by atoms with van der Waals surface area (Å²) in [6.45, 7) is 0. The molecule has 1 aromatic heterocycles. The van der Waals surface area contributed by atoms with Crippen molar-refractivity contribution < 1.29 is 4.39 Å². The molecule has 2 rings (SSSR count). The van der Waals surface area contributed by atoms with E-state index in [1.165, 1.54) is 17.4 Å². The van der Waals surface area contributed by atoms with Crippen LogP contribution in [0.5, 0.6) is 0 Å². The minimum atomic E-state index is -0.206. The Morgan fingerprint density at radius 1 is 1.46 bits per heavy atom. The van der Waals surface area contributed by atoms with E-state index in [2.05, 4.69) is 15.9 Å². The van der Waals surface area contributed by atoms with Crippen LogP contribution in [0.3, 0.4) is 0 Å². The first-order valence-electron chi connectivity index (χ1n) is 3.65. The predicted molar refractivity (Wildman–Crippen MR) is 59.4 cm³/mol. The fourth-order valence-corrected chi connectivity index (χ4v) is 2.89. The van der Waals surface area contributed by atoms with Crippen LogP contribution >= 0.6 is 38.9 Å². The van der Waals surface area contributed by atoms with Gasteiger partial charge in [0.15, 0.2) is 0 Å². The van der Waals surface area contributed by atoms with Crippen LogP contribution < -0.4 is 0 Å². The van der Waals surface area contributed by atoms with Gasteiger partial charge in [-0.2, -0.15) is 0 Å². The maximum Gasteiger partial charge on any atom is 0.131 e. The Morgan fingerprint density at radius 3 is 2.85 bits per heavy atom. The number of halogens is 3. The Balaban J connectivity index is 2.80. The molecule has 13 heavy (non-hydrogen) atoms. The number of hydrogen-bond acceptors (Lipinski definition) is 1. The summed E-state index contributed by atoms with van der Waals surface area (Å²) in [4.78, 5) is 1.09. The summed E-state index contributed by atoms with van der Waals surface area (Å²) in [6.07, 6.45) is 0. The van der Waals surface area contributed by atoms with E-state index in [-0.39, 0.29) is 5.82 Å². The molecule has 4 heteroatoms. The lowest BCUT2D eigenvalue weighted by Crippen LogP contribution is -1.73. The normalized spacial score (nSPS) is 11.0. The lowest BCUT2D eigenvalue weighted by molar-refractivity contribution is 0.640. The zero-order valence-corrected chi connectivity index (χ0v) is 9.64. The van der Waals surface area contributed by atoms with Crippen molar-refractivity contribution in [1.29, 1.82) is 0 Å². The Hall–Kier alpha value is -0.120. The molecule has 0 nitrogen and oxygen atoms in total. The molecule has 0 aliphatic rings. The molecule has 0 N–H and O–H groups in total. The predicted octanol–water partition coefficient (Wildman–Crippen LogP) is 4.59. The van der Waals surface area contributed by atoms with Gasteiger partial charge < -0.3 is 0 Å². The second-order valence-corrected chi connectivity index (χ2v) is 4.72. The first-order chi connectivity index (χ1) is 6.22. The third-order valence-corrected chi connectivity index (χ3v) is 4.34. The van der Waals surface area contributed by atoms with E-state index in [9.17, 15) is 4.39 Å². The van der Waals surface area contributed by atoms with Crippen molar-refractivity contribution >= 4 is 49.0 Å².